The summed E-state index contributed by atoms with van der Waals surface area (Å²) >= 11 is 0. The summed E-state index contributed by atoms with van der Waals surface area (Å²) in [4.78, 5) is 23.4. The van der Waals surface area contributed by atoms with Crippen molar-refractivity contribution in [3.05, 3.63) is 146 Å². The Morgan fingerprint density at radius 1 is 0.417 bits per heavy atom. The van der Waals surface area contributed by atoms with Crippen molar-refractivity contribution < 1.29 is 32.9 Å². The molecule has 0 heterocycles. The van der Waals surface area contributed by atoms with E-state index in [9.17, 15) is 19.4 Å². The van der Waals surface area contributed by atoms with E-state index in [0.29, 0.717) is 17.4 Å². The summed E-state index contributed by atoms with van der Waals surface area (Å²) in [6.07, 6.45) is 98.3. The van der Waals surface area contributed by atoms with E-state index in [1.807, 2.05) is 27.2 Å². The number of phosphoric acid groups is 1. The number of hydrogen-bond donors (Lipinski definition) is 3. The summed E-state index contributed by atoms with van der Waals surface area (Å²) in [6.45, 7) is 4.69. The molecule has 0 aromatic carbocycles. The number of rotatable bonds is 61. The molecule has 1 amide bonds. The third-order valence-corrected chi connectivity index (χ3v) is 15.5. The molecule has 0 aliphatic heterocycles. The van der Waals surface area contributed by atoms with Crippen molar-refractivity contribution in [2.24, 2.45) is 0 Å². The van der Waals surface area contributed by atoms with Crippen LogP contribution in [0.2, 0.25) is 0 Å². The molecule has 8 nitrogen and oxygen atoms in total. The van der Waals surface area contributed by atoms with Crippen molar-refractivity contribution in [2.45, 2.75) is 283 Å². The molecule has 0 spiro atoms. The van der Waals surface area contributed by atoms with E-state index in [4.69, 9.17) is 9.05 Å². The first-order valence-electron chi connectivity index (χ1n) is 34.2. The standard InChI is InChI=1S/C75H129N2O6P/c1-6-8-10-12-14-16-18-20-22-24-26-28-30-31-32-33-34-35-36-37-38-39-40-41-42-43-44-45-47-49-51-53-55-57-59-61-63-65-67-69-75(79)76-73(72-83-84(80,81)82-71-70-77(3,4)5)74(78)68-66-64-62-60-58-56-54-52-50-48-46-29-27-25-23-21-19-17-15-13-11-9-7-2/h8,10,14,16,20,22,26,28,31-32,34-35,37-38,40-41,43-44,47,49,53,55,66,68,73-74,78H,6-7,9,11-13,15,17-19,21,23-25,27,29-30,33,36,39,42,45-46,48,50-52,54,56-65,67,69-72H2,1-5H3,(H-,76,79,80,81)/p+1/b10-8-,16-14-,22-20-,28-26-,32-31-,35-34-,38-37-,41-40-,44-43-,49-47-,55-53-,68-66+. The zero-order valence-electron chi connectivity index (χ0n) is 54.8. The van der Waals surface area contributed by atoms with Gasteiger partial charge in [0, 0.05) is 6.42 Å². The first-order valence-corrected chi connectivity index (χ1v) is 35.7. The Balaban J connectivity index is 4.21. The van der Waals surface area contributed by atoms with Crippen LogP contribution in [0.25, 0.3) is 0 Å². The summed E-state index contributed by atoms with van der Waals surface area (Å²) in [5.74, 6) is -0.199. The predicted molar refractivity (Wildman–Crippen MR) is 368 cm³/mol. The number of aliphatic hydroxyl groups is 1. The van der Waals surface area contributed by atoms with Gasteiger partial charge in [0.15, 0.2) is 0 Å². The molecular weight excluding hydrogens is 1060 g/mol. The first-order chi connectivity index (χ1) is 41.0. The van der Waals surface area contributed by atoms with Gasteiger partial charge in [-0.2, -0.15) is 0 Å². The Morgan fingerprint density at radius 2 is 0.714 bits per heavy atom. The maximum Gasteiger partial charge on any atom is 0.472 e. The molecule has 9 heteroatoms. The van der Waals surface area contributed by atoms with Gasteiger partial charge in [-0.3, -0.25) is 13.8 Å². The van der Waals surface area contributed by atoms with Crippen molar-refractivity contribution >= 4 is 13.7 Å². The van der Waals surface area contributed by atoms with Gasteiger partial charge in [-0.25, -0.2) is 4.57 Å². The van der Waals surface area contributed by atoms with Crippen LogP contribution in [-0.4, -0.2) is 73.4 Å². The molecule has 0 fully saturated rings. The Hall–Kier alpha value is -3.62. The normalized spacial score (nSPS) is 14.6. The van der Waals surface area contributed by atoms with Crippen LogP contribution in [0.1, 0.15) is 271 Å². The van der Waals surface area contributed by atoms with E-state index in [0.717, 1.165) is 128 Å². The topological polar surface area (TPSA) is 105 Å². The Bertz CT molecular complexity index is 1880. The molecule has 0 rings (SSSR count). The van der Waals surface area contributed by atoms with E-state index in [2.05, 4.69) is 153 Å². The molecule has 0 bridgehead atoms. The minimum Gasteiger partial charge on any atom is -0.387 e. The maximum absolute atomic E-state index is 13.0. The minimum absolute atomic E-state index is 0.0503. The molecule has 0 aromatic heterocycles. The van der Waals surface area contributed by atoms with Gasteiger partial charge in [0.1, 0.15) is 13.2 Å². The van der Waals surface area contributed by atoms with Gasteiger partial charge in [-0.05, 0) is 103 Å². The molecule has 3 unspecified atom stereocenters. The summed E-state index contributed by atoms with van der Waals surface area (Å²) in [5.41, 5.74) is 0. The number of amides is 1. The number of nitrogens with one attached hydrogen (secondary N) is 1. The fourth-order valence-electron chi connectivity index (χ4n) is 9.28. The lowest BCUT2D eigenvalue weighted by Crippen LogP contribution is -2.45. The molecule has 0 saturated heterocycles. The van der Waals surface area contributed by atoms with Crippen LogP contribution < -0.4 is 5.32 Å². The fraction of sp³-hybridized carbons (Fsp3) is 0.667. The summed E-state index contributed by atoms with van der Waals surface area (Å²) in [6, 6.07) is -0.869. The van der Waals surface area contributed by atoms with E-state index in [1.54, 1.807) is 6.08 Å². The van der Waals surface area contributed by atoms with Crippen LogP contribution in [0.4, 0.5) is 0 Å². The summed E-state index contributed by atoms with van der Waals surface area (Å²) < 4.78 is 23.8. The van der Waals surface area contributed by atoms with Crippen LogP contribution in [0.3, 0.4) is 0 Å². The number of nitrogens with zero attached hydrogens (tertiary/aromatic N) is 1. The first kappa shape index (κ1) is 80.4. The SMILES string of the molecule is CC/C=C\C/C=C\C/C=C\C/C=C\C/C=C\C/C=C\C/C=C\C/C=C\C/C=C\C/C=C\C/C=C\CCCCCCCC(=O)NC(COP(=O)(O)OCC[N+](C)(C)C)C(O)/C=C/CCCCCCCCCCCCCCCCCCCCCCC. The van der Waals surface area contributed by atoms with Gasteiger partial charge >= 0.3 is 7.82 Å². The monoisotopic (exact) mass is 1190 g/mol. The second kappa shape index (κ2) is 63.9. The third-order valence-electron chi connectivity index (χ3n) is 14.6. The van der Waals surface area contributed by atoms with Crippen LogP contribution in [0, 0.1) is 0 Å². The van der Waals surface area contributed by atoms with Crippen LogP contribution in [0.5, 0.6) is 0 Å². The highest BCUT2D eigenvalue weighted by Crippen LogP contribution is 2.43. The highest BCUT2D eigenvalue weighted by atomic mass is 31.2. The number of likely N-dealkylation sites (N-methyl/N-ethyl adjacent to an activating group) is 1. The van der Waals surface area contributed by atoms with Crippen molar-refractivity contribution in [1.82, 2.24) is 5.32 Å². The van der Waals surface area contributed by atoms with Gasteiger partial charge in [0.05, 0.1) is 39.9 Å². The van der Waals surface area contributed by atoms with Crippen molar-refractivity contribution in [3.63, 3.8) is 0 Å². The molecule has 0 radical (unpaired) electrons. The Morgan fingerprint density at radius 3 is 1.05 bits per heavy atom. The quantitative estimate of drug-likeness (QED) is 0.0243. The molecule has 0 aliphatic carbocycles. The van der Waals surface area contributed by atoms with E-state index < -0.39 is 20.0 Å². The van der Waals surface area contributed by atoms with Gasteiger partial charge in [-0.1, -0.05) is 307 Å². The van der Waals surface area contributed by atoms with Gasteiger partial charge in [0.25, 0.3) is 0 Å². The zero-order chi connectivity index (χ0) is 61.2. The smallest absolute Gasteiger partial charge is 0.387 e. The van der Waals surface area contributed by atoms with Gasteiger partial charge in [-0.15, -0.1) is 0 Å². The number of allylic oxidation sites excluding steroid dienone is 23. The molecular formula is C75H130N2O6P+. The van der Waals surface area contributed by atoms with E-state index in [-0.39, 0.29) is 19.1 Å². The maximum atomic E-state index is 13.0. The number of aliphatic hydroxyl groups excluding tert-OH is 1. The average molecular weight is 1190 g/mol. The highest BCUT2D eigenvalue weighted by molar-refractivity contribution is 7.47. The Labute approximate surface area is 519 Å². The number of carbonyl (C=O) groups excluding carboxylic acids is 1. The molecule has 3 atom stereocenters. The second-order valence-electron chi connectivity index (χ2n) is 23.8. The molecule has 0 aliphatic rings. The number of phosphoric ester groups is 1. The molecule has 0 saturated carbocycles. The molecule has 84 heavy (non-hydrogen) atoms. The van der Waals surface area contributed by atoms with Crippen LogP contribution >= 0.6 is 7.82 Å². The Kier molecular flexibility index (Phi) is 61.1. The predicted octanol–water partition coefficient (Wildman–Crippen LogP) is 22.0. The lowest BCUT2D eigenvalue weighted by Gasteiger charge is -2.25. The van der Waals surface area contributed by atoms with E-state index in [1.165, 1.54) is 122 Å². The van der Waals surface area contributed by atoms with Crippen molar-refractivity contribution in [3.8, 4) is 0 Å². The van der Waals surface area contributed by atoms with Gasteiger partial charge < -0.3 is 19.8 Å². The van der Waals surface area contributed by atoms with Crippen molar-refractivity contribution in [1.29, 1.82) is 0 Å². The average Bonchev–Trinajstić information content (AvgIpc) is 3.56. The largest absolute Gasteiger partial charge is 0.472 e. The van der Waals surface area contributed by atoms with Crippen LogP contribution in [0.15, 0.2) is 146 Å². The van der Waals surface area contributed by atoms with Gasteiger partial charge in [0.2, 0.25) is 5.91 Å². The summed E-state index contributed by atoms with van der Waals surface area (Å²) in [7, 11) is 1.54. The summed E-state index contributed by atoms with van der Waals surface area (Å²) in [5, 5.41) is 14.0. The number of carbonyl (C=O) groups is 1. The number of quaternary nitrogens is 1. The number of unbranched alkanes of at least 4 members (excludes halogenated alkanes) is 26. The lowest BCUT2D eigenvalue weighted by atomic mass is 10.0. The fourth-order valence-corrected chi connectivity index (χ4v) is 10.0. The highest BCUT2D eigenvalue weighted by Gasteiger charge is 2.28. The molecule has 480 valence electrons. The third kappa shape index (κ3) is 65.9. The van der Waals surface area contributed by atoms with Crippen molar-refractivity contribution in [2.75, 3.05) is 40.9 Å². The second-order valence-corrected chi connectivity index (χ2v) is 25.3. The lowest BCUT2D eigenvalue weighted by molar-refractivity contribution is -0.870. The van der Waals surface area contributed by atoms with Crippen LogP contribution in [-0.2, 0) is 18.4 Å². The number of hydrogen-bond acceptors (Lipinski definition) is 5. The van der Waals surface area contributed by atoms with E-state index >= 15 is 0 Å². The zero-order valence-corrected chi connectivity index (χ0v) is 55.7. The molecule has 0 aromatic rings. The molecule has 3 N–H and O–H groups in total. The minimum atomic E-state index is -4.37.